The molecule has 0 aromatic heterocycles. The lowest BCUT2D eigenvalue weighted by Gasteiger charge is -2.18. The van der Waals surface area contributed by atoms with Gasteiger partial charge < -0.3 is 10.6 Å². The van der Waals surface area contributed by atoms with Crippen molar-refractivity contribution < 1.29 is 18.9 Å². The van der Waals surface area contributed by atoms with E-state index in [9.17, 15) is 13.6 Å². The minimum atomic E-state index is -0.611. The van der Waals surface area contributed by atoms with Gasteiger partial charge >= 0.3 is 0 Å². The first-order valence-corrected chi connectivity index (χ1v) is 8.54. The van der Waals surface area contributed by atoms with Crippen LogP contribution in [0.25, 0.3) is 10.8 Å². The van der Waals surface area contributed by atoms with Gasteiger partial charge in [0.2, 0.25) is 0 Å². The van der Waals surface area contributed by atoms with E-state index < -0.39 is 17.7 Å². The highest BCUT2D eigenvalue weighted by atomic mass is 19.1. The van der Waals surface area contributed by atoms with Crippen molar-refractivity contribution in [2.75, 3.05) is 5.32 Å². The molecule has 1 amide bonds. The van der Waals surface area contributed by atoms with Crippen LogP contribution in [0, 0.1) is 11.6 Å². The Kier molecular flexibility index (Phi) is 5.28. The molecule has 0 radical (unpaired) electrons. The highest BCUT2D eigenvalue weighted by Gasteiger charge is 2.22. The van der Waals surface area contributed by atoms with Crippen LogP contribution in [0.1, 0.15) is 25.5 Å². The van der Waals surface area contributed by atoms with Gasteiger partial charge in [0.25, 0.3) is 5.91 Å². The zero-order chi connectivity index (χ0) is 18.7. The molecule has 3 aromatic carbocycles. The predicted molar refractivity (Wildman–Crippen MR) is 98.7 cm³/mol. The van der Waals surface area contributed by atoms with Gasteiger partial charge in [0.1, 0.15) is 17.7 Å². The first-order chi connectivity index (χ1) is 12.5. The Bertz CT molecular complexity index is 937. The zero-order valence-electron chi connectivity index (χ0n) is 14.7. The second-order valence-corrected chi connectivity index (χ2v) is 6.45. The molecule has 0 bridgehead atoms. The van der Waals surface area contributed by atoms with Crippen molar-refractivity contribution in [3.8, 4) is 0 Å². The van der Waals surface area contributed by atoms with E-state index in [-0.39, 0.29) is 11.9 Å². The van der Waals surface area contributed by atoms with Crippen LogP contribution in [0.5, 0.6) is 0 Å². The van der Waals surface area contributed by atoms with Gasteiger partial charge in [-0.25, -0.2) is 8.78 Å². The standard InChI is InChI=1S/C21H20F2N2O/c1-13(17-11-10-16(22)12-19(17)23)24-14(2)21(26)25-20-9-5-7-15-6-3-4-8-18(15)20/h3-14,24H,1-2H3,(H,25,26)/p+1/t13-,14+/m0/s1. The van der Waals surface area contributed by atoms with Crippen molar-refractivity contribution in [3.63, 3.8) is 0 Å². The fourth-order valence-electron chi connectivity index (χ4n) is 3.08. The Labute approximate surface area is 151 Å². The van der Waals surface area contributed by atoms with Gasteiger partial charge in [-0.05, 0) is 37.4 Å². The number of benzene rings is 3. The van der Waals surface area contributed by atoms with Gasteiger partial charge in [0, 0.05) is 22.7 Å². The lowest BCUT2D eigenvalue weighted by atomic mass is 10.1. The highest BCUT2D eigenvalue weighted by molar-refractivity contribution is 6.03. The van der Waals surface area contributed by atoms with E-state index in [0.717, 1.165) is 22.5 Å². The molecule has 26 heavy (non-hydrogen) atoms. The van der Waals surface area contributed by atoms with Crippen LogP contribution in [0.15, 0.2) is 60.7 Å². The molecule has 3 nitrogen and oxygen atoms in total. The summed E-state index contributed by atoms with van der Waals surface area (Å²) >= 11 is 0. The number of amides is 1. The molecule has 0 aliphatic rings. The van der Waals surface area contributed by atoms with Crippen molar-refractivity contribution in [2.24, 2.45) is 0 Å². The molecular weight excluding hydrogens is 334 g/mol. The summed E-state index contributed by atoms with van der Waals surface area (Å²) in [6.07, 6.45) is 0. The minimum absolute atomic E-state index is 0.171. The number of anilines is 1. The highest BCUT2D eigenvalue weighted by Crippen LogP contribution is 2.23. The molecule has 0 heterocycles. The number of fused-ring (bicyclic) bond motifs is 1. The van der Waals surface area contributed by atoms with Gasteiger partial charge in [-0.3, -0.25) is 4.79 Å². The Morgan fingerprint density at radius 3 is 2.50 bits per heavy atom. The monoisotopic (exact) mass is 355 g/mol. The number of quaternary nitrogens is 1. The molecule has 0 aliphatic carbocycles. The first-order valence-electron chi connectivity index (χ1n) is 8.54. The molecule has 0 fully saturated rings. The molecule has 3 rings (SSSR count). The van der Waals surface area contributed by atoms with Gasteiger partial charge in [-0.1, -0.05) is 36.4 Å². The fraction of sp³-hybridized carbons (Fsp3) is 0.190. The Morgan fingerprint density at radius 1 is 1.00 bits per heavy atom. The summed E-state index contributed by atoms with van der Waals surface area (Å²) in [6, 6.07) is 16.3. The Balaban J connectivity index is 1.71. The maximum absolute atomic E-state index is 13.9. The Morgan fingerprint density at radius 2 is 1.73 bits per heavy atom. The average molecular weight is 355 g/mol. The minimum Gasteiger partial charge on any atom is -0.330 e. The number of nitrogens with one attached hydrogen (secondary N) is 1. The third-order valence-corrected chi connectivity index (χ3v) is 4.49. The van der Waals surface area contributed by atoms with Crippen LogP contribution in [0.4, 0.5) is 14.5 Å². The lowest BCUT2D eigenvalue weighted by molar-refractivity contribution is -0.710. The maximum atomic E-state index is 13.9. The molecule has 3 aromatic rings. The summed E-state index contributed by atoms with van der Waals surface area (Å²) in [6.45, 7) is 3.55. The van der Waals surface area contributed by atoms with Crippen LogP contribution >= 0.6 is 0 Å². The fourth-order valence-corrected chi connectivity index (χ4v) is 3.08. The van der Waals surface area contributed by atoms with Crippen molar-refractivity contribution >= 4 is 22.4 Å². The summed E-state index contributed by atoms with van der Waals surface area (Å²) in [7, 11) is 0. The third-order valence-electron chi connectivity index (χ3n) is 4.49. The quantitative estimate of drug-likeness (QED) is 0.719. The number of halogens is 2. The normalized spacial score (nSPS) is 13.4. The van der Waals surface area contributed by atoms with E-state index >= 15 is 0 Å². The summed E-state index contributed by atoms with van der Waals surface area (Å²) in [5.41, 5.74) is 1.12. The summed E-state index contributed by atoms with van der Waals surface area (Å²) in [5, 5.41) is 6.71. The van der Waals surface area contributed by atoms with Gasteiger partial charge in [0.05, 0.1) is 0 Å². The van der Waals surface area contributed by atoms with E-state index in [0.29, 0.717) is 5.56 Å². The molecule has 2 atom stereocenters. The predicted octanol–water partition coefficient (Wildman–Crippen LogP) is 3.77. The van der Waals surface area contributed by atoms with Crippen LogP contribution in [-0.4, -0.2) is 11.9 Å². The van der Waals surface area contributed by atoms with Crippen LogP contribution < -0.4 is 10.6 Å². The van der Waals surface area contributed by atoms with Crippen LogP contribution in [0.3, 0.4) is 0 Å². The number of carbonyl (C=O) groups is 1. The van der Waals surface area contributed by atoms with Crippen LogP contribution in [0.2, 0.25) is 0 Å². The summed E-state index contributed by atoms with van der Waals surface area (Å²) in [5.74, 6) is -1.38. The third kappa shape index (κ3) is 3.89. The number of nitrogens with two attached hydrogens (primary N) is 1. The smallest absolute Gasteiger partial charge is 0.282 e. The summed E-state index contributed by atoms with van der Waals surface area (Å²) in [4.78, 5) is 12.6. The second kappa shape index (κ2) is 7.62. The van der Waals surface area contributed by atoms with E-state index in [1.807, 2.05) is 42.5 Å². The topological polar surface area (TPSA) is 45.7 Å². The first kappa shape index (κ1) is 18.0. The van der Waals surface area contributed by atoms with E-state index in [1.165, 1.54) is 12.1 Å². The molecule has 3 N–H and O–H groups in total. The van der Waals surface area contributed by atoms with Crippen LogP contribution in [-0.2, 0) is 4.79 Å². The van der Waals surface area contributed by atoms with E-state index in [2.05, 4.69) is 5.32 Å². The number of hydrogen-bond acceptors (Lipinski definition) is 1. The SMILES string of the molecule is C[C@H]([NH2+][C@H](C)C(=O)Nc1cccc2ccccc12)c1ccc(F)cc1F. The van der Waals surface area contributed by atoms with E-state index in [4.69, 9.17) is 0 Å². The van der Waals surface area contributed by atoms with E-state index in [1.54, 1.807) is 19.2 Å². The molecular formula is C21H21F2N2O+. The van der Waals surface area contributed by atoms with Gasteiger partial charge in [0.15, 0.2) is 6.04 Å². The number of hydrogen-bond donors (Lipinski definition) is 2. The van der Waals surface area contributed by atoms with Crippen molar-refractivity contribution in [3.05, 3.63) is 77.9 Å². The molecule has 5 heteroatoms. The molecule has 0 unspecified atom stereocenters. The maximum Gasteiger partial charge on any atom is 0.282 e. The largest absolute Gasteiger partial charge is 0.330 e. The average Bonchev–Trinajstić information content (AvgIpc) is 2.61. The zero-order valence-corrected chi connectivity index (χ0v) is 14.7. The Hall–Kier alpha value is -2.79. The number of rotatable bonds is 5. The van der Waals surface area contributed by atoms with Gasteiger partial charge in [-0.15, -0.1) is 0 Å². The molecule has 134 valence electrons. The summed E-state index contributed by atoms with van der Waals surface area (Å²) < 4.78 is 27.0. The van der Waals surface area contributed by atoms with Crippen molar-refractivity contribution in [1.29, 1.82) is 0 Å². The molecule has 0 spiro atoms. The molecule has 0 saturated carbocycles. The molecule has 0 saturated heterocycles. The second-order valence-electron chi connectivity index (χ2n) is 6.45. The van der Waals surface area contributed by atoms with Gasteiger partial charge in [-0.2, -0.15) is 0 Å². The number of carbonyl (C=O) groups excluding carboxylic acids is 1. The van der Waals surface area contributed by atoms with Crippen molar-refractivity contribution in [2.45, 2.75) is 25.9 Å². The lowest BCUT2D eigenvalue weighted by Crippen LogP contribution is -2.91. The van der Waals surface area contributed by atoms with Crippen molar-refractivity contribution in [1.82, 2.24) is 0 Å². The molecule has 0 aliphatic heterocycles.